The van der Waals surface area contributed by atoms with Crippen molar-refractivity contribution in [1.29, 1.82) is 0 Å². The molecule has 0 radical (unpaired) electrons. The van der Waals surface area contributed by atoms with Gasteiger partial charge in [0.1, 0.15) is 5.75 Å². The van der Waals surface area contributed by atoms with Crippen LogP contribution in [-0.4, -0.2) is 35.6 Å². The predicted octanol–water partition coefficient (Wildman–Crippen LogP) is 5.03. The Morgan fingerprint density at radius 1 is 0.929 bits per heavy atom. The van der Waals surface area contributed by atoms with E-state index < -0.39 is 0 Å². The minimum atomic E-state index is -0.189. The SMILES string of the molecule is O=C1c2ccccc2C(=O)N1CCSc1cccc(OCC2CCCCC2)c1. The predicted molar refractivity (Wildman–Crippen MR) is 111 cm³/mol. The number of amides is 2. The number of rotatable bonds is 7. The maximum Gasteiger partial charge on any atom is 0.261 e. The first kappa shape index (κ1) is 19.1. The van der Waals surface area contributed by atoms with Gasteiger partial charge in [-0.1, -0.05) is 37.5 Å². The molecule has 0 atom stereocenters. The summed E-state index contributed by atoms with van der Waals surface area (Å²) < 4.78 is 6.01. The van der Waals surface area contributed by atoms with Crippen molar-refractivity contribution in [2.75, 3.05) is 18.9 Å². The van der Waals surface area contributed by atoms with Gasteiger partial charge in [-0.05, 0) is 49.1 Å². The van der Waals surface area contributed by atoms with Crippen LogP contribution in [0.2, 0.25) is 0 Å². The highest BCUT2D eigenvalue weighted by Crippen LogP contribution is 2.28. The van der Waals surface area contributed by atoms with Gasteiger partial charge < -0.3 is 4.74 Å². The van der Waals surface area contributed by atoms with Crippen LogP contribution in [0.25, 0.3) is 0 Å². The van der Waals surface area contributed by atoms with E-state index in [9.17, 15) is 9.59 Å². The van der Waals surface area contributed by atoms with Crippen molar-refractivity contribution in [2.45, 2.75) is 37.0 Å². The molecule has 4 nitrogen and oxygen atoms in total. The zero-order valence-corrected chi connectivity index (χ0v) is 16.7. The summed E-state index contributed by atoms with van der Waals surface area (Å²) in [6.07, 6.45) is 6.54. The molecule has 0 saturated heterocycles. The van der Waals surface area contributed by atoms with Gasteiger partial charge in [-0.3, -0.25) is 14.5 Å². The fraction of sp³-hybridized carbons (Fsp3) is 0.391. The average Bonchev–Trinajstić information content (AvgIpc) is 2.98. The van der Waals surface area contributed by atoms with Gasteiger partial charge in [0.2, 0.25) is 0 Å². The number of carbonyl (C=O) groups excluding carboxylic acids is 2. The molecule has 1 fully saturated rings. The zero-order valence-electron chi connectivity index (χ0n) is 15.9. The van der Waals surface area contributed by atoms with Crippen LogP contribution in [0, 0.1) is 5.92 Å². The molecular weight excluding hydrogens is 370 g/mol. The van der Waals surface area contributed by atoms with Crippen molar-refractivity contribution in [2.24, 2.45) is 5.92 Å². The van der Waals surface area contributed by atoms with E-state index in [4.69, 9.17) is 4.74 Å². The lowest BCUT2D eigenvalue weighted by Gasteiger charge is -2.21. The van der Waals surface area contributed by atoms with Gasteiger partial charge >= 0.3 is 0 Å². The van der Waals surface area contributed by atoms with Gasteiger partial charge in [0.05, 0.1) is 17.7 Å². The first-order valence-electron chi connectivity index (χ1n) is 10.0. The molecule has 0 bridgehead atoms. The second-order valence-corrected chi connectivity index (χ2v) is 8.61. The average molecular weight is 396 g/mol. The zero-order chi connectivity index (χ0) is 19.3. The highest BCUT2D eigenvalue weighted by molar-refractivity contribution is 7.99. The Kier molecular flexibility index (Phi) is 6.01. The van der Waals surface area contributed by atoms with E-state index >= 15 is 0 Å². The Morgan fingerprint density at radius 3 is 2.36 bits per heavy atom. The van der Waals surface area contributed by atoms with Gasteiger partial charge in [-0.25, -0.2) is 0 Å². The maximum atomic E-state index is 12.4. The number of fused-ring (bicyclic) bond motifs is 1. The summed E-state index contributed by atoms with van der Waals surface area (Å²) in [5, 5.41) is 0. The van der Waals surface area contributed by atoms with Crippen LogP contribution in [0.4, 0.5) is 0 Å². The Hall–Kier alpha value is -2.27. The van der Waals surface area contributed by atoms with Gasteiger partial charge in [-0.2, -0.15) is 0 Å². The van der Waals surface area contributed by atoms with Gasteiger partial charge in [-0.15, -0.1) is 11.8 Å². The minimum Gasteiger partial charge on any atom is -0.493 e. The van der Waals surface area contributed by atoms with E-state index in [0.717, 1.165) is 17.3 Å². The van der Waals surface area contributed by atoms with E-state index in [-0.39, 0.29) is 11.8 Å². The quantitative estimate of drug-likeness (QED) is 0.487. The summed E-state index contributed by atoms with van der Waals surface area (Å²) >= 11 is 1.64. The largest absolute Gasteiger partial charge is 0.493 e. The molecule has 0 aromatic heterocycles. The van der Waals surface area contributed by atoms with Gasteiger partial charge in [0, 0.05) is 17.2 Å². The third-order valence-electron chi connectivity index (χ3n) is 5.48. The lowest BCUT2D eigenvalue weighted by atomic mass is 9.90. The molecule has 2 amide bonds. The number of imide groups is 1. The molecular formula is C23H25NO3S. The van der Waals surface area contributed by atoms with Crippen molar-refractivity contribution in [3.05, 3.63) is 59.7 Å². The highest BCUT2D eigenvalue weighted by Gasteiger charge is 2.34. The fourth-order valence-corrected chi connectivity index (χ4v) is 4.80. The number of hydrogen-bond donors (Lipinski definition) is 0. The minimum absolute atomic E-state index is 0.189. The van der Waals surface area contributed by atoms with Crippen LogP contribution >= 0.6 is 11.8 Å². The molecule has 1 aliphatic carbocycles. The summed E-state index contributed by atoms with van der Waals surface area (Å²) in [7, 11) is 0. The molecule has 0 unspecified atom stereocenters. The van der Waals surface area contributed by atoms with Crippen LogP contribution in [-0.2, 0) is 0 Å². The van der Waals surface area contributed by atoms with Gasteiger partial charge in [0.15, 0.2) is 0 Å². The maximum absolute atomic E-state index is 12.4. The Labute approximate surface area is 170 Å². The highest BCUT2D eigenvalue weighted by atomic mass is 32.2. The van der Waals surface area contributed by atoms with Crippen molar-refractivity contribution in [3.8, 4) is 5.75 Å². The van der Waals surface area contributed by atoms with Crippen LogP contribution in [0.1, 0.15) is 52.8 Å². The first-order valence-corrected chi connectivity index (χ1v) is 11.0. The van der Waals surface area contributed by atoms with Crippen LogP contribution < -0.4 is 4.74 Å². The molecule has 4 rings (SSSR count). The summed E-state index contributed by atoms with van der Waals surface area (Å²) in [6.45, 7) is 1.20. The standard InChI is InChI=1S/C23H25NO3S/c25-22-20-11-4-5-12-21(20)23(26)24(22)13-14-28-19-10-6-9-18(15-19)27-16-17-7-2-1-3-8-17/h4-6,9-12,15,17H,1-3,7-8,13-14,16H2. The molecule has 1 saturated carbocycles. The summed E-state index contributed by atoms with van der Waals surface area (Å²) in [5.41, 5.74) is 1.02. The van der Waals surface area contributed by atoms with E-state index in [0.29, 0.717) is 29.3 Å². The van der Waals surface area contributed by atoms with E-state index in [2.05, 4.69) is 6.07 Å². The Balaban J connectivity index is 1.28. The summed E-state index contributed by atoms with van der Waals surface area (Å²) in [6, 6.07) is 15.1. The molecule has 28 heavy (non-hydrogen) atoms. The number of benzene rings is 2. The summed E-state index contributed by atoms with van der Waals surface area (Å²) in [4.78, 5) is 27.3. The molecule has 2 aromatic carbocycles. The normalized spacial score (nSPS) is 17.1. The Bertz CT molecular complexity index is 825. The van der Waals surface area contributed by atoms with Crippen molar-refractivity contribution < 1.29 is 14.3 Å². The lowest BCUT2D eigenvalue weighted by molar-refractivity contribution is 0.0664. The van der Waals surface area contributed by atoms with Crippen LogP contribution in [0.15, 0.2) is 53.4 Å². The molecule has 2 aliphatic rings. The van der Waals surface area contributed by atoms with Crippen molar-refractivity contribution in [1.82, 2.24) is 4.90 Å². The number of thioether (sulfide) groups is 1. The number of ether oxygens (including phenoxy) is 1. The topological polar surface area (TPSA) is 46.6 Å². The molecule has 146 valence electrons. The fourth-order valence-electron chi connectivity index (χ4n) is 3.92. The number of nitrogens with zero attached hydrogens (tertiary/aromatic N) is 1. The monoisotopic (exact) mass is 395 g/mol. The smallest absolute Gasteiger partial charge is 0.261 e. The number of carbonyl (C=O) groups is 2. The third-order valence-corrected chi connectivity index (χ3v) is 6.45. The van der Waals surface area contributed by atoms with Gasteiger partial charge in [0.25, 0.3) is 11.8 Å². The van der Waals surface area contributed by atoms with Crippen LogP contribution in [0.3, 0.4) is 0 Å². The van der Waals surface area contributed by atoms with Crippen molar-refractivity contribution >= 4 is 23.6 Å². The molecule has 2 aromatic rings. The lowest BCUT2D eigenvalue weighted by Crippen LogP contribution is -2.31. The Morgan fingerprint density at radius 2 is 1.64 bits per heavy atom. The second-order valence-electron chi connectivity index (χ2n) is 7.45. The third kappa shape index (κ3) is 4.25. The van der Waals surface area contributed by atoms with E-state index in [1.165, 1.54) is 37.0 Å². The van der Waals surface area contributed by atoms with Crippen LogP contribution in [0.5, 0.6) is 5.75 Å². The first-order chi connectivity index (χ1) is 13.7. The molecule has 5 heteroatoms. The van der Waals surface area contributed by atoms with Crippen molar-refractivity contribution in [3.63, 3.8) is 0 Å². The molecule has 0 N–H and O–H groups in total. The molecule has 0 spiro atoms. The molecule has 1 aliphatic heterocycles. The van der Waals surface area contributed by atoms with E-state index in [1.54, 1.807) is 36.0 Å². The number of hydrogen-bond acceptors (Lipinski definition) is 4. The second kappa shape index (κ2) is 8.82. The van der Waals surface area contributed by atoms with E-state index in [1.807, 2.05) is 18.2 Å². The molecule has 1 heterocycles. The summed E-state index contributed by atoms with van der Waals surface area (Å²) in [5.74, 6) is 1.86.